The Kier molecular flexibility index (Phi) is 6.60. The summed E-state index contributed by atoms with van der Waals surface area (Å²) in [7, 11) is 0. The first-order chi connectivity index (χ1) is 11.0. The summed E-state index contributed by atoms with van der Waals surface area (Å²) in [4.78, 5) is 12.5. The summed E-state index contributed by atoms with van der Waals surface area (Å²) >= 11 is 0. The van der Waals surface area contributed by atoms with E-state index in [1.54, 1.807) is 0 Å². The van der Waals surface area contributed by atoms with Gasteiger partial charge in [0.25, 0.3) is 0 Å². The third-order valence-corrected chi connectivity index (χ3v) is 4.63. The largest absolute Gasteiger partial charge is 0.396 e. The standard InChI is InChI=1S/C19H29NO3/c1-19(2,14-23-13-16-6-4-3-5-7-16)18(22)20-17-10-8-15(12-21)9-11-17/h3-7,15,17,21H,8-14H2,1-2H3,(H,20,22). The number of benzene rings is 1. The van der Waals surface area contributed by atoms with Crippen LogP contribution in [-0.2, 0) is 16.1 Å². The molecule has 0 aliphatic heterocycles. The first-order valence-electron chi connectivity index (χ1n) is 8.55. The van der Waals surface area contributed by atoms with Gasteiger partial charge in [-0.1, -0.05) is 30.3 Å². The molecule has 0 bridgehead atoms. The summed E-state index contributed by atoms with van der Waals surface area (Å²) in [5.74, 6) is 0.461. The van der Waals surface area contributed by atoms with E-state index >= 15 is 0 Å². The lowest BCUT2D eigenvalue weighted by Crippen LogP contribution is -2.46. The van der Waals surface area contributed by atoms with E-state index in [1.165, 1.54) is 0 Å². The summed E-state index contributed by atoms with van der Waals surface area (Å²) in [5, 5.41) is 12.3. The molecule has 1 aliphatic carbocycles. The summed E-state index contributed by atoms with van der Waals surface area (Å²) in [5.41, 5.74) is 0.578. The molecule has 2 rings (SSSR count). The number of hydrogen-bond donors (Lipinski definition) is 2. The van der Waals surface area contributed by atoms with Crippen LogP contribution in [-0.4, -0.2) is 30.3 Å². The number of hydrogen-bond acceptors (Lipinski definition) is 3. The zero-order valence-corrected chi connectivity index (χ0v) is 14.3. The van der Waals surface area contributed by atoms with Crippen LogP contribution >= 0.6 is 0 Å². The van der Waals surface area contributed by atoms with Crippen LogP contribution in [0.4, 0.5) is 0 Å². The van der Waals surface area contributed by atoms with E-state index in [2.05, 4.69) is 5.32 Å². The average Bonchev–Trinajstić information content (AvgIpc) is 2.56. The lowest BCUT2D eigenvalue weighted by molar-refractivity contribution is -0.134. The molecule has 1 fully saturated rings. The molecule has 1 aromatic rings. The predicted molar refractivity (Wildman–Crippen MR) is 90.9 cm³/mol. The fraction of sp³-hybridized carbons (Fsp3) is 0.632. The van der Waals surface area contributed by atoms with Crippen LogP contribution in [0.25, 0.3) is 0 Å². The zero-order chi connectivity index (χ0) is 16.7. The number of nitrogens with one attached hydrogen (secondary N) is 1. The van der Waals surface area contributed by atoms with Crippen LogP contribution in [0.2, 0.25) is 0 Å². The minimum atomic E-state index is -0.539. The Morgan fingerprint density at radius 2 is 1.87 bits per heavy atom. The molecule has 0 heterocycles. The number of ether oxygens (including phenoxy) is 1. The molecule has 1 amide bonds. The molecule has 4 heteroatoms. The summed E-state index contributed by atoms with van der Waals surface area (Å²) in [6.07, 6.45) is 3.90. The van der Waals surface area contributed by atoms with Gasteiger partial charge in [-0.3, -0.25) is 4.79 Å². The molecular formula is C19H29NO3. The molecule has 128 valence electrons. The van der Waals surface area contributed by atoms with Crippen LogP contribution in [0.5, 0.6) is 0 Å². The van der Waals surface area contributed by atoms with Crippen molar-refractivity contribution in [3.8, 4) is 0 Å². The molecule has 0 radical (unpaired) electrons. The zero-order valence-electron chi connectivity index (χ0n) is 14.3. The van der Waals surface area contributed by atoms with Gasteiger partial charge in [-0.15, -0.1) is 0 Å². The molecule has 2 N–H and O–H groups in total. The predicted octanol–water partition coefficient (Wildman–Crippen LogP) is 2.90. The third kappa shape index (κ3) is 5.63. The Labute approximate surface area is 139 Å². The second-order valence-corrected chi connectivity index (χ2v) is 7.24. The van der Waals surface area contributed by atoms with Gasteiger partial charge in [-0.05, 0) is 51.0 Å². The quantitative estimate of drug-likeness (QED) is 0.812. The Balaban J connectivity index is 1.74. The molecule has 4 nitrogen and oxygen atoms in total. The number of amides is 1. The van der Waals surface area contributed by atoms with Crippen molar-refractivity contribution in [2.24, 2.45) is 11.3 Å². The number of carbonyl (C=O) groups excluding carboxylic acids is 1. The maximum atomic E-state index is 12.5. The molecule has 23 heavy (non-hydrogen) atoms. The lowest BCUT2D eigenvalue weighted by Gasteiger charge is -2.31. The highest BCUT2D eigenvalue weighted by molar-refractivity contribution is 5.82. The smallest absolute Gasteiger partial charge is 0.228 e. The van der Waals surface area contributed by atoms with Crippen LogP contribution in [0.1, 0.15) is 45.1 Å². The highest BCUT2D eigenvalue weighted by Gasteiger charge is 2.31. The van der Waals surface area contributed by atoms with Crippen molar-refractivity contribution >= 4 is 5.91 Å². The second kappa shape index (κ2) is 8.46. The Bertz CT molecular complexity index is 479. The SMILES string of the molecule is CC(C)(COCc1ccccc1)C(=O)NC1CCC(CO)CC1. The number of aliphatic hydroxyl groups is 1. The Morgan fingerprint density at radius 3 is 2.48 bits per heavy atom. The van der Waals surface area contributed by atoms with Crippen molar-refractivity contribution in [2.75, 3.05) is 13.2 Å². The summed E-state index contributed by atoms with van der Waals surface area (Å²) in [6.45, 7) is 5.04. The van der Waals surface area contributed by atoms with Crippen molar-refractivity contribution in [3.63, 3.8) is 0 Å². The molecule has 0 atom stereocenters. The number of carbonyl (C=O) groups is 1. The molecule has 1 aliphatic rings. The number of rotatable bonds is 7. The maximum Gasteiger partial charge on any atom is 0.228 e. The Morgan fingerprint density at radius 1 is 1.22 bits per heavy atom. The first-order valence-corrected chi connectivity index (χ1v) is 8.55. The monoisotopic (exact) mass is 319 g/mol. The van der Waals surface area contributed by atoms with E-state index in [0.29, 0.717) is 19.1 Å². The maximum absolute atomic E-state index is 12.5. The average molecular weight is 319 g/mol. The highest BCUT2D eigenvalue weighted by atomic mass is 16.5. The fourth-order valence-electron chi connectivity index (χ4n) is 2.93. The third-order valence-electron chi connectivity index (χ3n) is 4.63. The molecule has 0 saturated heterocycles. The number of aliphatic hydroxyl groups excluding tert-OH is 1. The van der Waals surface area contributed by atoms with Gasteiger partial charge in [-0.25, -0.2) is 0 Å². The molecule has 1 aromatic carbocycles. The fourth-order valence-corrected chi connectivity index (χ4v) is 2.93. The minimum absolute atomic E-state index is 0.0537. The van der Waals surface area contributed by atoms with Crippen molar-refractivity contribution in [1.29, 1.82) is 0 Å². The molecular weight excluding hydrogens is 290 g/mol. The topological polar surface area (TPSA) is 58.6 Å². The van der Waals surface area contributed by atoms with Gasteiger partial charge in [0.05, 0.1) is 18.6 Å². The van der Waals surface area contributed by atoms with Gasteiger partial charge in [0.1, 0.15) is 0 Å². The van der Waals surface area contributed by atoms with E-state index in [0.717, 1.165) is 31.2 Å². The molecule has 0 unspecified atom stereocenters. The van der Waals surface area contributed by atoms with Crippen molar-refractivity contribution in [1.82, 2.24) is 5.32 Å². The van der Waals surface area contributed by atoms with Crippen LogP contribution in [0, 0.1) is 11.3 Å². The Hall–Kier alpha value is -1.39. The van der Waals surface area contributed by atoms with E-state index in [4.69, 9.17) is 4.74 Å². The van der Waals surface area contributed by atoms with E-state index in [-0.39, 0.29) is 18.6 Å². The van der Waals surface area contributed by atoms with Crippen LogP contribution in [0.3, 0.4) is 0 Å². The van der Waals surface area contributed by atoms with Crippen LogP contribution in [0.15, 0.2) is 30.3 Å². The van der Waals surface area contributed by atoms with Crippen molar-refractivity contribution in [2.45, 2.75) is 52.2 Å². The van der Waals surface area contributed by atoms with Gasteiger partial charge >= 0.3 is 0 Å². The lowest BCUT2D eigenvalue weighted by atomic mass is 9.85. The van der Waals surface area contributed by atoms with E-state index in [1.807, 2.05) is 44.2 Å². The van der Waals surface area contributed by atoms with Gasteiger partial charge in [0.2, 0.25) is 5.91 Å². The summed E-state index contributed by atoms with van der Waals surface area (Å²) in [6, 6.07) is 10.2. The molecule has 1 saturated carbocycles. The van der Waals surface area contributed by atoms with Crippen molar-refractivity contribution in [3.05, 3.63) is 35.9 Å². The highest BCUT2D eigenvalue weighted by Crippen LogP contribution is 2.25. The van der Waals surface area contributed by atoms with E-state index < -0.39 is 5.41 Å². The first kappa shape index (κ1) is 18.0. The van der Waals surface area contributed by atoms with Gasteiger partial charge < -0.3 is 15.2 Å². The van der Waals surface area contributed by atoms with Gasteiger partial charge in [-0.2, -0.15) is 0 Å². The normalized spacial score (nSPS) is 21.9. The van der Waals surface area contributed by atoms with Crippen LogP contribution < -0.4 is 5.32 Å². The van der Waals surface area contributed by atoms with Crippen molar-refractivity contribution < 1.29 is 14.6 Å². The summed E-state index contributed by atoms with van der Waals surface area (Å²) < 4.78 is 5.74. The molecule has 0 spiro atoms. The molecule has 0 aromatic heterocycles. The van der Waals surface area contributed by atoms with E-state index in [9.17, 15) is 9.90 Å². The van der Waals surface area contributed by atoms with Gasteiger partial charge in [0, 0.05) is 12.6 Å². The second-order valence-electron chi connectivity index (χ2n) is 7.24. The van der Waals surface area contributed by atoms with Gasteiger partial charge in [0.15, 0.2) is 0 Å². The minimum Gasteiger partial charge on any atom is -0.396 e.